The maximum Gasteiger partial charge on any atom is 0.416 e. The first-order valence-corrected chi connectivity index (χ1v) is 20.2. The SMILES string of the molecule is CN1CCCC/C=C\C2CC2(C(=O)NS(=O)(=O)C2CC2)NC(=O)C2CC(OC(=O)Nc3cc(C(F)(F)F)ccc3-c3nc(C(C)(C)C)cs3)CC2C1=O. The van der Waals surface area contributed by atoms with Gasteiger partial charge < -0.3 is 15.0 Å². The maximum absolute atomic E-state index is 14.0. The molecule has 1 aromatic carbocycles. The fraction of sp³-hybridized carbons (Fsp3) is 0.583. The van der Waals surface area contributed by atoms with Crippen molar-refractivity contribution in [3.63, 3.8) is 0 Å². The van der Waals surface area contributed by atoms with Crippen LogP contribution in [0.1, 0.15) is 83.4 Å². The molecular formula is C36H44F3N5O7S2. The fourth-order valence-electron chi connectivity index (χ4n) is 6.93. The Morgan fingerprint density at radius 3 is 2.47 bits per heavy atom. The molecule has 0 radical (unpaired) electrons. The predicted molar refractivity (Wildman–Crippen MR) is 191 cm³/mol. The molecule has 5 unspecified atom stereocenters. The van der Waals surface area contributed by atoms with Crippen molar-refractivity contribution in [2.24, 2.45) is 17.8 Å². The number of nitrogens with one attached hydrogen (secondary N) is 3. The van der Waals surface area contributed by atoms with Crippen LogP contribution in [-0.2, 0) is 40.7 Å². The van der Waals surface area contributed by atoms with Crippen LogP contribution in [0.15, 0.2) is 35.7 Å². The molecule has 288 valence electrons. The lowest BCUT2D eigenvalue weighted by Gasteiger charge is -2.26. The van der Waals surface area contributed by atoms with Gasteiger partial charge in [-0.25, -0.2) is 18.2 Å². The van der Waals surface area contributed by atoms with Gasteiger partial charge in [0, 0.05) is 35.9 Å². The van der Waals surface area contributed by atoms with Gasteiger partial charge in [-0.2, -0.15) is 13.2 Å². The third-order valence-corrected chi connectivity index (χ3v) is 13.1. The Balaban J connectivity index is 1.23. The molecule has 12 nitrogen and oxygen atoms in total. The van der Waals surface area contributed by atoms with Gasteiger partial charge in [-0.3, -0.25) is 24.4 Å². The summed E-state index contributed by atoms with van der Waals surface area (Å²) in [6.07, 6.45) is -0.0888. The number of allylic oxidation sites excluding steroid dienone is 1. The van der Waals surface area contributed by atoms with E-state index in [1.165, 1.54) is 22.3 Å². The number of amides is 4. The van der Waals surface area contributed by atoms with Crippen LogP contribution in [0.2, 0.25) is 0 Å². The van der Waals surface area contributed by atoms with Crippen LogP contribution >= 0.6 is 11.3 Å². The highest BCUT2D eigenvalue weighted by molar-refractivity contribution is 7.91. The van der Waals surface area contributed by atoms with Gasteiger partial charge in [-0.15, -0.1) is 11.3 Å². The standard InChI is InChI=1S/C36H44F3N5O7S2/c1-34(2,3)28-19-52-30(41-28)24-13-10-20(36(37,38)39)15-27(24)40-33(48)51-22-16-25-26(17-22)31(46)44(4)14-8-6-5-7-9-21-18-35(21,42-29(25)45)32(47)43-53(49,50)23-11-12-23/h7,9-10,13,15,19,21-23,25-26H,5-6,8,11-12,14,16-18H2,1-4H3,(H,40,48)(H,42,45)(H,43,47)/b9-7-. The van der Waals surface area contributed by atoms with Crippen LogP contribution in [0.4, 0.5) is 23.7 Å². The van der Waals surface area contributed by atoms with Crippen LogP contribution < -0.4 is 15.4 Å². The molecule has 1 aromatic heterocycles. The summed E-state index contributed by atoms with van der Waals surface area (Å²) < 4.78 is 74.5. The van der Waals surface area contributed by atoms with Crippen LogP contribution in [0.5, 0.6) is 0 Å². The molecule has 3 saturated carbocycles. The van der Waals surface area contributed by atoms with Gasteiger partial charge in [0.2, 0.25) is 21.8 Å². The Morgan fingerprint density at radius 1 is 1.09 bits per heavy atom. The van der Waals surface area contributed by atoms with Crippen molar-refractivity contribution in [2.45, 2.75) is 101 Å². The Hall–Kier alpha value is -3.99. The average Bonchev–Trinajstić information content (AvgIpc) is 3.94. The lowest BCUT2D eigenvalue weighted by molar-refractivity contribution is -0.140. The number of sulfonamides is 1. The van der Waals surface area contributed by atoms with Gasteiger partial charge in [0.25, 0.3) is 5.91 Å². The molecule has 0 bridgehead atoms. The highest BCUT2D eigenvalue weighted by Gasteiger charge is 2.62. The molecule has 3 fully saturated rings. The van der Waals surface area contributed by atoms with E-state index in [1.807, 2.05) is 32.9 Å². The van der Waals surface area contributed by atoms with E-state index in [0.717, 1.165) is 24.2 Å². The first kappa shape index (κ1) is 38.7. The molecular weight excluding hydrogens is 736 g/mol. The van der Waals surface area contributed by atoms with Crippen LogP contribution in [-0.4, -0.2) is 72.6 Å². The van der Waals surface area contributed by atoms with Gasteiger partial charge in [0.05, 0.1) is 34.0 Å². The number of anilines is 1. The molecule has 0 spiro atoms. The highest BCUT2D eigenvalue weighted by Crippen LogP contribution is 2.47. The average molecular weight is 780 g/mol. The molecule has 0 saturated heterocycles. The molecule has 5 atom stereocenters. The first-order chi connectivity index (χ1) is 24.8. The Kier molecular flexibility index (Phi) is 10.5. The summed E-state index contributed by atoms with van der Waals surface area (Å²) in [4.78, 5) is 60.7. The molecule has 17 heteroatoms. The quantitative estimate of drug-likeness (QED) is 0.312. The zero-order chi connectivity index (χ0) is 38.5. The smallest absolute Gasteiger partial charge is 0.416 e. The number of thiazole rings is 1. The molecule has 6 rings (SSSR count). The van der Waals surface area contributed by atoms with Gasteiger partial charge in [-0.05, 0) is 69.6 Å². The van der Waals surface area contributed by atoms with Crippen LogP contribution in [0.25, 0.3) is 10.6 Å². The van der Waals surface area contributed by atoms with E-state index in [-0.39, 0.29) is 41.8 Å². The minimum absolute atomic E-state index is 0.0515. The number of rotatable bonds is 6. The second-order valence-electron chi connectivity index (χ2n) is 15.5. The fourth-order valence-corrected chi connectivity index (χ4v) is 9.38. The van der Waals surface area contributed by atoms with Crippen molar-refractivity contribution in [1.82, 2.24) is 19.9 Å². The number of fused-ring (bicyclic) bond motifs is 2. The summed E-state index contributed by atoms with van der Waals surface area (Å²) in [7, 11) is -2.29. The van der Waals surface area contributed by atoms with E-state index in [2.05, 4.69) is 20.3 Å². The monoisotopic (exact) mass is 779 g/mol. The van der Waals surface area contributed by atoms with Gasteiger partial charge in [-0.1, -0.05) is 32.9 Å². The zero-order valence-electron chi connectivity index (χ0n) is 29.9. The molecule has 4 amide bonds. The van der Waals surface area contributed by atoms with Crippen molar-refractivity contribution in [1.29, 1.82) is 0 Å². The number of hydrogen-bond donors (Lipinski definition) is 3. The molecule has 3 aliphatic carbocycles. The van der Waals surface area contributed by atoms with E-state index >= 15 is 0 Å². The van der Waals surface area contributed by atoms with E-state index in [0.29, 0.717) is 37.2 Å². The molecule has 3 N–H and O–H groups in total. The molecule has 53 heavy (non-hydrogen) atoms. The maximum atomic E-state index is 14.0. The second-order valence-corrected chi connectivity index (χ2v) is 18.3. The number of ether oxygens (including phenoxy) is 1. The van der Waals surface area contributed by atoms with E-state index < -0.39 is 74.3 Å². The van der Waals surface area contributed by atoms with Crippen LogP contribution in [0, 0.1) is 17.8 Å². The highest BCUT2D eigenvalue weighted by atomic mass is 32.2. The van der Waals surface area contributed by atoms with Crippen molar-refractivity contribution in [3.8, 4) is 10.6 Å². The summed E-state index contributed by atoms with van der Waals surface area (Å²) in [5.41, 5.74) is -2.04. The Labute approximate surface area is 310 Å². The van der Waals surface area contributed by atoms with Crippen molar-refractivity contribution in [2.75, 3.05) is 18.9 Å². The first-order valence-electron chi connectivity index (χ1n) is 17.7. The Bertz CT molecular complexity index is 1920. The van der Waals surface area contributed by atoms with Gasteiger partial charge >= 0.3 is 12.3 Å². The number of hydrogen-bond acceptors (Lipinski definition) is 9. The minimum Gasteiger partial charge on any atom is -0.446 e. The number of nitrogens with zero attached hydrogens (tertiary/aromatic N) is 2. The number of alkyl halides is 3. The second kappa shape index (κ2) is 14.3. The lowest BCUT2D eigenvalue weighted by Crippen LogP contribution is -2.54. The third-order valence-electron chi connectivity index (χ3n) is 10.4. The predicted octanol–water partition coefficient (Wildman–Crippen LogP) is 5.75. The minimum atomic E-state index is -4.70. The van der Waals surface area contributed by atoms with Crippen LogP contribution in [0.3, 0.4) is 0 Å². The summed E-state index contributed by atoms with van der Waals surface area (Å²) >= 11 is 1.22. The van der Waals surface area contributed by atoms with Crippen molar-refractivity contribution >= 4 is 50.9 Å². The normalized spacial score (nSPS) is 27.5. The molecule has 4 aliphatic rings. The summed E-state index contributed by atoms with van der Waals surface area (Å²) in [6.45, 7) is 6.27. The van der Waals surface area contributed by atoms with E-state index in [4.69, 9.17) is 4.74 Å². The number of aromatic nitrogens is 1. The Morgan fingerprint density at radius 2 is 1.81 bits per heavy atom. The zero-order valence-corrected chi connectivity index (χ0v) is 31.6. The number of benzene rings is 1. The summed E-state index contributed by atoms with van der Waals surface area (Å²) in [6, 6.07) is 2.96. The number of carbonyl (C=O) groups is 4. The molecule has 2 heterocycles. The number of halogens is 3. The van der Waals surface area contributed by atoms with E-state index in [1.54, 1.807) is 12.4 Å². The van der Waals surface area contributed by atoms with E-state index in [9.17, 15) is 40.8 Å². The molecule has 1 aliphatic heterocycles. The molecule has 2 aromatic rings. The summed E-state index contributed by atoms with van der Waals surface area (Å²) in [5, 5.41) is 6.76. The van der Waals surface area contributed by atoms with Crippen molar-refractivity contribution < 1.29 is 45.5 Å². The third kappa shape index (κ3) is 8.55. The van der Waals surface area contributed by atoms with Gasteiger partial charge in [0.1, 0.15) is 16.7 Å². The topological polar surface area (TPSA) is 164 Å². The summed E-state index contributed by atoms with van der Waals surface area (Å²) in [5.74, 6) is -4.30. The largest absolute Gasteiger partial charge is 0.446 e. The van der Waals surface area contributed by atoms with Crippen molar-refractivity contribution in [3.05, 3.63) is 47.0 Å². The van der Waals surface area contributed by atoms with Gasteiger partial charge in [0.15, 0.2) is 0 Å². The lowest BCUT2D eigenvalue weighted by atomic mass is 9.93. The number of carbonyl (C=O) groups excluding carboxylic acids is 4.